The Bertz CT molecular complexity index is 916. The van der Waals surface area contributed by atoms with Crippen LogP contribution in [-0.4, -0.2) is 6.54 Å². The highest BCUT2D eigenvalue weighted by molar-refractivity contribution is 7.09. The van der Waals surface area contributed by atoms with Crippen molar-refractivity contribution in [3.8, 4) is 11.1 Å². The van der Waals surface area contributed by atoms with Gasteiger partial charge in [-0.25, -0.2) is 0 Å². The van der Waals surface area contributed by atoms with E-state index in [9.17, 15) is 9.59 Å². The second-order valence-electron chi connectivity index (χ2n) is 5.92. The fourth-order valence-electron chi connectivity index (χ4n) is 2.81. The summed E-state index contributed by atoms with van der Waals surface area (Å²) in [5, 5.41) is 5.20. The minimum atomic E-state index is -0.399. The van der Waals surface area contributed by atoms with E-state index in [2.05, 4.69) is 24.4 Å². The second-order valence-corrected chi connectivity index (χ2v) is 6.95. The van der Waals surface area contributed by atoms with E-state index >= 15 is 0 Å². The predicted molar refractivity (Wildman–Crippen MR) is 97.5 cm³/mol. The molecule has 1 heterocycles. The van der Waals surface area contributed by atoms with Crippen LogP contribution in [0.15, 0.2) is 39.2 Å². The number of aryl methyl sites for hydroxylation is 3. The molecule has 0 aliphatic heterocycles. The van der Waals surface area contributed by atoms with Crippen molar-refractivity contribution < 1.29 is 0 Å². The third kappa shape index (κ3) is 2.86. The SMILES string of the molecule is Cc1cc(C)c(-c2c(NCCc3cccs3)c(=O)c2=O)cc1C. The molecule has 3 aromatic rings. The van der Waals surface area contributed by atoms with E-state index in [1.807, 2.05) is 31.4 Å². The molecule has 0 saturated carbocycles. The molecule has 0 unspecified atom stereocenters. The maximum Gasteiger partial charge on any atom is 0.250 e. The maximum atomic E-state index is 12.1. The van der Waals surface area contributed by atoms with Crippen molar-refractivity contribution in [1.82, 2.24) is 0 Å². The molecule has 1 N–H and O–H groups in total. The number of thiophene rings is 1. The number of hydrogen-bond donors (Lipinski definition) is 1. The molecule has 2 aromatic carbocycles. The lowest BCUT2D eigenvalue weighted by Gasteiger charge is -2.16. The van der Waals surface area contributed by atoms with Crippen LogP contribution in [0.4, 0.5) is 5.69 Å². The van der Waals surface area contributed by atoms with Gasteiger partial charge in [0.05, 0.1) is 11.3 Å². The van der Waals surface area contributed by atoms with Crippen LogP contribution in [0.1, 0.15) is 21.6 Å². The molecule has 0 spiro atoms. The fourth-order valence-corrected chi connectivity index (χ4v) is 3.52. The molecule has 3 rings (SSSR count). The van der Waals surface area contributed by atoms with Crippen molar-refractivity contribution in [2.24, 2.45) is 0 Å². The molecule has 0 fully saturated rings. The van der Waals surface area contributed by atoms with Crippen molar-refractivity contribution in [2.45, 2.75) is 27.2 Å². The van der Waals surface area contributed by atoms with E-state index in [1.54, 1.807) is 11.3 Å². The Morgan fingerprint density at radius 2 is 1.74 bits per heavy atom. The Hall–Kier alpha value is -2.20. The highest BCUT2D eigenvalue weighted by Crippen LogP contribution is 2.29. The van der Waals surface area contributed by atoms with Gasteiger partial charge >= 0.3 is 0 Å². The largest absolute Gasteiger partial charge is 0.381 e. The van der Waals surface area contributed by atoms with Gasteiger partial charge < -0.3 is 5.32 Å². The molecule has 23 heavy (non-hydrogen) atoms. The Labute approximate surface area is 139 Å². The van der Waals surface area contributed by atoms with Gasteiger partial charge in [0.2, 0.25) is 10.9 Å². The van der Waals surface area contributed by atoms with Crippen molar-refractivity contribution in [3.63, 3.8) is 0 Å². The van der Waals surface area contributed by atoms with Crippen LogP contribution in [0.25, 0.3) is 11.1 Å². The lowest BCUT2D eigenvalue weighted by molar-refractivity contribution is 1.04. The highest BCUT2D eigenvalue weighted by Gasteiger charge is 2.23. The van der Waals surface area contributed by atoms with Gasteiger partial charge in [0, 0.05) is 11.4 Å². The van der Waals surface area contributed by atoms with Crippen molar-refractivity contribution in [3.05, 3.63) is 71.7 Å². The molecule has 0 bridgehead atoms. The smallest absolute Gasteiger partial charge is 0.250 e. The molecule has 0 amide bonds. The van der Waals surface area contributed by atoms with E-state index in [4.69, 9.17) is 0 Å². The third-order valence-corrected chi connectivity index (χ3v) is 5.21. The molecule has 0 atom stereocenters. The van der Waals surface area contributed by atoms with Gasteiger partial charge in [-0.1, -0.05) is 18.2 Å². The first kappa shape index (κ1) is 15.7. The molecule has 118 valence electrons. The summed E-state index contributed by atoms with van der Waals surface area (Å²) in [4.78, 5) is 25.3. The molecule has 3 nitrogen and oxygen atoms in total. The topological polar surface area (TPSA) is 46.2 Å². The van der Waals surface area contributed by atoms with Crippen molar-refractivity contribution >= 4 is 17.0 Å². The average Bonchev–Trinajstić information content (AvgIpc) is 3.03. The predicted octanol–water partition coefficient (Wildman–Crippen LogP) is 3.59. The number of hydrogen-bond acceptors (Lipinski definition) is 4. The normalized spacial score (nSPS) is 11.1. The summed E-state index contributed by atoms with van der Waals surface area (Å²) < 4.78 is 0. The van der Waals surface area contributed by atoms with Gasteiger partial charge in [-0.05, 0) is 60.9 Å². The molecule has 0 aliphatic carbocycles. The van der Waals surface area contributed by atoms with E-state index in [1.165, 1.54) is 10.4 Å². The second kappa shape index (κ2) is 6.13. The lowest BCUT2D eigenvalue weighted by atomic mass is 9.91. The van der Waals surface area contributed by atoms with Gasteiger partial charge in [-0.15, -0.1) is 11.3 Å². The van der Waals surface area contributed by atoms with E-state index in [0.29, 0.717) is 17.8 Å². The van der Waals surface area contributed by atoms with Crippen LogP contribution in [-0.2, 0) is 6.42 Å². The van der Waals surface area contributed by atoms with E-state index in [0.717, 1.165) is 23.1 Å². The summed E-state index contributed by atoms with van der Waals surface area (Å²) >= 11 is 1.70. The van der Waals surface area contributed by atoms with Gasteiger partial charge in [0.15, 0.2) is 0 Å². The minimum absolute atomic E-state index is 0.380. The summed E-state index contributed by atoms with van der Waals surface area (Å²) in [7, 11) is 0. The van der Waals surface area contributed by atoms with Crippen LogP contribution < -0.4 is 16.2 Å². The molecule has 0 aliphatic rings. The maximum absolute atomic E-state index is 12.1. The molecule has 0 saturated heterocycles. The van der Waals surface area contributed by atoms with Crippen molar-refractivity contribution in [2.75, 3.05) is 11.9 Å². The summed E-state index contributed by atoms with van der Waals surface area (Å²) in [5.41, 5.74) is 4.46. The molecule has 4 heteroatoms. The third-order valence-electron chi connectivity index (χ3n) is 4.27. The Morgan fingerprint density at radius 3 is 2.43 bits per heavy atom. The zero-order valence-corrected chi connectivity index (χ0v) is 14.3. The first-order valence-corrected chi connectivity index (χ1v) is 8.54. The van der Waals surface area contributed by atoms with Crippen LogP contribution >= 0.6 is 11.3 Å². The fraction of sp³-hybridized carbons (Fsp3) is 0.263. The summed E-state index contributed by atoms with van der Waals surface area (Å²) in [6.45, 7) is 6.71. The van der Waals surface area contributed by atoms with E-state index < -0.39 is 5.43 Å². The summed E-state index contributed by atoms with van der Waals surface area (Å²) in [6.07, 6.45) is 0.849. The monoisotopic (exact) mass is 325 g/mol. The van der Waals surface area contributed by atoms with Crippen LogP contribution in [0.5, 0.6) is 0 Å². The molecule has 1 aromatic heterocycles. The first-order valence-electron chi connectivity index (χ1n) is 7.67. The summed E-state index contributed by atoms with van der Waals surface area (Å²) in [5.74, 6) is 0. The van der Waals surface area contributed by atoms with Gasteiger partial charge in [0.25, 0.3) is 0 Å². The van der Waals surface area contributed by atoms with Gasteiger partial charge in [0.1, 0.15) is 0 Å². The van der Waals surface area contributed by atoms with E-state index in [-0.39, 0.29) is 5.43 Å². The number of anilines is 1. The van der Waals surface area contributed by atoms with Gasteiger partial charge in [-0.2, -0.15) is 0 Å². The number of nitrogens with one attached hydrogen (secondary N) is 1. The van der Waals surface area contributed by atoms with Crippen molar-refractivity contribution in [1.29, 1.82) is 0 Å². The Morgan fingerprint density at radius 1 is 1.00 bits per heavy atom. The average molecular weight is 325 g/mol. The van der Waals surface area contributed by atoms with Gasteiger partial charge in [-0.3, -0.25) is 9.59 Å². The number of benzene rings is 1. The lowest BCUT2D eigenvalue weighted by Crippen LogP contribution is -2.36. The Kier molecular flexibility index (Phi) is 4.18. The van der Waals surface area contributed by atoms with Crippen LogP contribution in [0.3, 0.4) is 0 Å². The molecule has 0 radical (unpaired) electrons. The van der Waals surface area contributed by atoms with Crippen LogP contribution in [0, 0.1) is 20.8 Å². The highest BCUT2D eigenvalue weighted by atomic mass is 32.1. The number of rotatable bonds is 5. The standard InChI is InChI=1S/C19H19NO2S/c1-11-9-13(3)15(10-12(11)2)16-17(19(22)18(16)21)20-7-6-14-5-4-8-23-14/h4-5,8-10,20H,6-7H2,1-3H3. The summed E-state index contributed by atoms with van der Waals surface area (Å²) in [6, 6.07) is 8.16. The molecular weight excluding hydrogens is 306 g/mol. The Balaban J connectivity index is 1.87. The minimum Gasteiger partial charge on any atom is -0.381 e. The zero-order valence-electron chi connectivity index (χ0n) is 13.5. The molecular formula is C19H19NO2S. The van der Waals surface area contributed by atoms with Crippen LogP contribution in [0.2, 0.25) is 0 Å². The first-order chi connectivity index (χ1) is 11.0. The quantitative estimate of drug-likeness (QED) is 0.729. The zero-order chi connectivity index (χ0) is 16.6.